The van der Waals surface area contributed by atoms with Crippen LogP contribution in [0.3, 0.4) is 0 Å². The number of benzene rings is 1. The van der Waals surface area contributed by atoms with Gasteiger partial charge in [-0.05, 0) is 51.1 Å². The van der Waals surface area contributed by atoms with E-state index in [1.165, 1.54) is 16.8 Å². The van der Waals surface area contributed by atoms with E-state index in [0.717, 1.165) is 13.1 Å². The van der Waals surface area contributed by atoms with Gasteiger partial charge in [-0.1, -0.05) is 6.07 Å². The number of hydrogen-bond donors (Lipinski definition) is 0. The summed E-state index contributed by atoms with van der Waals surface area (Å²) in [7, 11) is 2.14. The van der Waals surface area contributed by atoms with Gasteiger partial charge in [0, 0.05) is 24.8 Å². The molecule has 0 bridgehead atoms. The molecule has 1 aromatic rings. The second kappa shape index (κ2) is 5.63. The Morgan fingerprint density at radius 1 is 1.21 bits per heavy atom. The third-order valence-electron chi connectivity index (χ3n) is 3.80. The molecule has 1 fully saturated rings. The van der Waals surface area contributed by atoms with Crippen molar-refractivity contribution in [3.63, 3.8) is 0 Å². The van der Waals surface area contributed by atoms with Crippen molar-refractivity contribution in [2.24, 2.45) is 0 Å². The standard InChI is InChI=1S/C16H23N3/c1-12-7-13(2)9-16(8-12)19-14(3)10-18(4)11-15(19)5-6-17/h7-9,14-15H,5,10-11H2,1-4H3. The Labute approximate surface area is 116 Å². The molecule has 0 amide bonds. The minimum absolute atomic E-state index is 0.292. The van der Waals surface area contributed by atoms with E-state index in [4.69, 9.17) is 5.26 Å². The lowest BCUT2D eigenvalue weighted by Gasteiger charge is -2.45. The molecule has 0 aliphatic carbocycles. The van der Waals surface area contributed by atoms with Crippen molar-refractivity contribution in [1.29, 1.82) is 5.26 Å². The maximum Gasteiger partial charge on any atom is 0.0643 e. The molecule has 0 saturated carbocycles. The Bertz CT molecular complexity index is 469. The summed E-state index contributed by atoms with van der Waals surface area (Å²) in [6.45, 7) is 8.53. The SMILES string of the molecule is Cc1cc(C)cc(N2C(C)CN(C)CC2CC#N)c1. The van der Waals surface area contributed by atoms with Crippen molar-refractivity contribution in [2.75, 3.05) is 25.0 Å². The van der Waals surface area contributed by atoms with Crippen LogP contribution in [0.1, 0.15) is 24.5 Å². The number of aryl methyl sites for hydroxylation is 2. The lowest BCUT2D eigenvalue weighted by atomic mass is 10.0. The zero-order valence-electron chi connectivity index (χ0n) is 12.3. The fourth-order valence-corrected chi connectivity index (χ4v) is 3.25. The van der Waals surface area contributed by atoms with E-state index in [9.17, 15) is 0 Å². The van der Waals surface area contributed by atoms with Crippen LogP contribution in [0.2, 0.25) is 0 Å². The maximum absolute atomic E-state index is 9.07. The average molecular weight is 257 g/mol. The van der Waals surface area contributed by atoms with Gasteiger partial charge in [0.15, 0.2) is 0 Å². The molecule has 1 heterocycles. The van der Waals surface area contributed by atoms with E-state index in [1.807, 2.05) is 0 Å². The van der Waals surface area contributed by atoms with Gasteiger partial charge < -0.3 is 9.80 Å². The van der Waals surface area contributed by atoms with E-state index < -0.39 is 0 Å². The second-order valence-electron chi connectivity index (χ2n) is 5.84. The molecule has 102 valence electrons. The van der Waals surface area contributed by atoms with Crippen LogP contribution in [0, 0.1) is 25.2 Å². The average Bonchev–Trinajstić information content (AvgIpc) is 2.26. The van der Waals surface area contributed by atoms with Gasteiger partial charge in [0.05, 0.1) is 18.5 Å². The molecule has 0 aromatic heterocycles. The summed E-state index contributed by atoms with van der Waals surface area (Å²) in [6, 6.07) is 9.74. The number of piperazine rings is 1. The van der Waals surface area contributed by atoms with Gasteiger partial charge in [0.1, 0.15) is 0 Å². The molecule has 19 heavy (non-hydrogen) atoms. The number of nitriles is 1. The number of likely N-dealkylation sites (N-methyl/N-ethyl adjacent to an activating group) is 1. The first-order chi connectivity index (χ1) is 9.01. The van der Waals surface area contributed by atoms with Gasteiger partial charge in [-0.15, -0.1) is 0 Å². The van der Waals surface area contributed by atoms with Crippen molar-refractivity contribution in [2.45, 2.75) is 39.3 Å². The van der Waals surface area contributed by atoms with Gasteiger partial charge in [0.25, 0.3) is 0 Å². The summed E-state index contributed by atoms with van der Waals surface area (Å²) in [5.74, 6) is 0. The third-order valence-corrected chi connectivity index (χ3v) is 3.80. The highest BCUT2D eigenvalue weighted by atomic mass is 15.3. The minimum Gasteiger partial charge on any atom is -0.362 e. The zero-order valence-corrected chi connectivity index (χ0v) is 12.3. The highest BCUT2D eigenvalue weighted by molar-refractivity contribution is 5.53. The van der Waals surface area contributed by atoms with E-state index in [1.54, 1.807) is 0 Å². The first-order valence-corrected chi connectivity index (χ1v) is 6.93. The molecule has 0 N–H and O–H groups in total. The predicted octanol–water partition coefficient (Wildman–Crippen LogP) is 2.73. The molecule has 1 aliphatic rings. The van der Waals surface area contributed by atoms with Crippen LogP contribution in [-0.2, 0) is 0 Å². The lowest BCUT2D eigenvalue weighted by Crippen LogP contribution is -2.56. The predicted molar refractivity (Wildman–Crippen MR) is 79.4 cm³/mol. The minimum atomic E-state index is 0.292. The van der Waals surface area contributed by atoms with Crippen molar-refractivity contribution < 1.29 is 0 Å². The van der Waals surface area contributed by atoms with Crippen LogP contribution in [0.15, 0.2) is 18.2 Å². The summed E-state index contributed by atoms with van der Waals surface area (Å²) in [5.41, 5.74) is 3.84. The third kappa shape index (κ3) is 3.08. The highest BCUT2D eigenvalue weighted by Gasteiger charge is 2.30. The highest BCUT2D eigenvalue weighted by Crippen LogP contribution is 2.27. The molecule has 0 radical (unpaired) electrons. The Balaban J connectivity index is 2.35. The van der Waals surface area contributed by atoms with Crippen molar-refractivity contribution in [1.82, 2.24) is 4.90 Å². The summed E-state index contributed by atoms with van der Waals surface area (Å²) < 4.78 is 0. The Kier molecular flexibility index (Phi) is 4.11. The summed E-state index contributed by atoms with van der Waals surface area (Å²) in [6.07, 6.45) is 0.585. The van der Waals surface area contributed by atoms with Crippen LogP contribution < -0.4 is 4.90 Å². The molecular weight excluding hydrogens is 234 g/mol. The fraction of sp³-hybridized carbons (Fsp3) is 0.562. The molecule has 2 rings (SSSR count). The van der Waals surface area contributed by atoms with E-state index in [2.05, 4.69) is 61.9 Å². The summed E-state index contributed by atoms with van der Waals surface area (Å²) in [4.78, 5) is 4.76. The Morgan fingerprint density at radius 2 is 1.84 bits per heavy atom. The first kappa shape index (κ1) is 13.9. The van der Waals surface area contributed by atoms with Gasteiger partial charge >= 0.3 is 0 Å². The number of hydrogen-bond acceptors (Lipinski definition) is 3. The van der Waals surface area contributed by atoms with Crippen LogP contribution >= 0.6 is 0 Å². The first-order valence-electron chi connectivity index (χ1n) is 6.93. The molecule has 0 spiro atoms. The number of anilines is 1. The molecule has 2 unspecified atom stereocenters. The Hall–Kier alpha value is -1.53. The topological polar surface area (TPSA) is 30.3 Å². The molecule has 2 atom stereocenters. The van der Waals surface area contributed by atoms with Gasteiger partial charge in [-0.2, -0.15) is 5.26 Å². The largest absolute Gasteiger partial charge is 0.362 e. The Morgan fingerprint density at radius 3 is 2.42 bits per heavy atom. The number of nitrogens with zero attached hydrogens (tertiary/aromatic N) is 3. The molecule has 1 saturated heterocycles. The molecule has 3 nitrogen and oxygen atoms in total. The summed E-state index contributed by atoms with van der Waals surface area (Å²) in [5, 5.41) is 9.07. The van der Waals surface area contributed by atoms with Crippen LogP contribution in [0.4, 0.5) is 5.69 Å². The van der Waals surface area contributed by atoms with Gasteiger partial charge in [-0.3, -0.25) is 0 Å². The monoisotopic (exact) mass is 257 g/mol. The second-order valence-corrected chi connectivity index (χ2v) is 5.84. The van der Waals surface area contributed by atoms with Crippen LogP contribution in [0.5, 0.6) is 0 Å². The van der Waals surface area contributed by atoms with Gasteiger partial charge in [-0.25, -0.2) is 0 Å². The lowest BCUT2D eigenvalue weighted by molar-refractivity contribution is 0.233. The van der Waals surface area contributed by atoms with Crippen molar-refractivity contribution in [3.05, 3.63) is 29.3 Å². The molecule has 1 aromatic carbocycles. The van der Waals surface area contributed by atoms with Gasteiger partial charge in [0.2, 0.25) is 0 Å². The normalized spacial score (nSPS) is 24.3. The van der Waals surface area contributed by atoms with Crippen LogP contribution in [-0.4, -0.2) is 37.1 Å². The molecule has 3 heteroatoms. The fourth-order valence-electron chi connectivity index (χ4n) is 3.25. The van der Waals surface area contributed by atoms with Crippen molar-refractivity contribution in [3.8, 4) is 6.07 Å². The van der Waals surface area contributed by atoms with E-state index in [-0.39, 0.29) is 0 Å². The molecule has 1 aliphatic heterocycles. The van der Waals surface area contributed by atoms with E-state index in [0.29, 0.717) is 18.5 Å². The summed E-state index contributed by atoms with van der Waals surface area (Å²) >= 11 is 0. The van der Waals surface area contributed by atoms with E-state index >= 15 is 0 Å². The smallest absolute Gasteiger partial charge is 0.0643 e. The number of rotatable bonds is 2. The van der Waals surface area contributed by atoms with Crippen molar-refractivity contribution >= 4 is 5.69 Å². The molecular formula is C16H23N3. The maximum atomic E-state index is 9.07. The quantitative estimate of drug-likeness (QED) is 0.816. The zero-order chi connectivity index (χ0) is 14.0. The van der Waals surface area contributed by atoms with Crippen LogP contribution in [0.25, 0.3) is 0 Å².